The number of nitrogens with zero attached hydrogens (tertiary/aromatic N) is 1. The van der Waals surface area contributed by atoms with E-state index in [1.54, 1.807) is 37.8 Å². The molecule has 1 aliphatic carbocycles. The van der Waals surface area contributed by atoms with Crippen molar-refractivity contribution in [1.82, 2.24) is 10.2 Å². The molecule has 2 fully saturated rings. The topological polar surface area (TPSA) is 113 Å². The first-order chi connectivity index (χ1) is 18.9. The minimum absolute atomic E-state index is 0.00746. The van der Waals surface area contributed by atoms with Crippen LogP contribution in [0.15, 0.2) is 42.7 Å². The van der Waals surface area contributed by atoms with Crippen molar-refractivity contribution in [1.29, 1.82) is 0 Å². The number of morpholine rings is 1. The molecule has 2 aliphatic heterocycles. The fourth-order valence-corrected chi connectivity index (χ4v) is 5.39. The summed E-state index contributed by atoms with van der Waals surface area (Å²) in [6, 6.07) is 4.32. The van der Waals surface area contributed by atoms with E-state index in [2.05, 4.69) is 5.32 Å². The van der Waals surface area contributed by atoms with Crippen LogP contribution in [0.4, 0.5) is 9.18 Å². The van der Waals surface area contributed by atoms with E-state index in [1.807, 2.05) is 19.1 Å². The van der Waals surface area contributed by atoms with Crippen LogP contribution in [-0.4, -0.2) is 66.6 Å². The van der Waals surface area contributed by atoms with Gasteiger partial charge in [-0.3, -0.25) is 4.79 Å². The van der Waals surface area contributed by atoms with Gasteiger partial charge in [-0.05, 0) is 59.4 Å². The Kier molecular flexibility index (Phi) is 8.84. The van der Waals surface area contributed by atoms with Crippen LogP contribution in [0.2, 0.25) is 0 Å². The van der Waals surface area contributed by atoms with Gasteiger partial charge in [0, 0.05) is 18.2 Å². The van der Waals surface area contributed by atoms with E-state index in [4.69, 9.17) is 23.7 Å². The van der Waals surface area contributed by atoms with Crippen LogP contribution in [0.1, 0.15) is 58.9 Å². The summed E-state index contributed by atoms with van der Waals surface area (Å²) in [6.07, 6.45) is 7.60. The SMILES string of the molecule is CC1CC2(COCC(=O)N2)CN1C(=O)OCOC1(c2cccc(F)c2O/C=C/C(=O)OC(C)(C)C)CC=CCC1. The van der Waals surface area contributed by atoms with Crippen molar-refractivity contribution >= 4 is 18.0 Å². The zero-order valence-electron chi connectivity index (χ0n) is 23.4. The quantitative estimate of drug-likeness (QED) is 0.175. The van der Waals surface area contributed by atoms with E-state index in [0.717, 1.165) is 12.3 Å². The van der Waals surface area contributed by atoms with Crippen molar-refractivity contribution in [2.75, 3.05) is 26.6 Å². The van der Waals surface area contributed by atoms with Gasteiger partial charge in [0.1, 0.15) is 17.8 Å². The number of amides is 2. The van der Waals surface area contributed by atoms with Crippen LogP contribution in [0.3, 0.4) is 0 Å². The van der Waals surface area contributed by atoms with E-state index >= 15 is 0 Å². The number of likely N-dealkylation sites (tertiary alicyclic amines) is 1. The molecule has 0 saturated carbocycles. The summed E-state index contributed by atoms with van der Waals surface area (Å²) >= 11 is 0. The first-order valence-electron chi connectivity index (χ1n) is 13.4. The average Bonchev–Trinajstić information content (AvgIpc) is 3.19. The molecule has 3 unspecified atom stereocenters. The molecule has 218 valence electrons. The van der Waals surface area contributed by atoms with Crippen LogP contribution < -0.4 is 10.1 Å². The number of carbonyl (C=O) groups excluding carboxylic acids is 3. The van der Waals surface area contributed by atoms with Crippen molar-refractivity contribution < 1.29 is 42.5 Å². The lowest BCUT2D eigenvalue weighted by atomic mass is 9.82. The number of esters is 1. The smallest absolute Gasteiger partial charge is 0.412 e. The molecule has 1 aromatic rings. The molecule has 1 N–H and O–H groups in total. The fraction of sp³-hybridized carbons (Fsp3) is 0.552. The Bertz CT molecular complexity index is 1180. The summed E-state index contributed by atoms with van der Waals surface area (Å²) in [5.74, 6) is -1.56. The Morgan fingerprint density at radius 2 is 2.08 bits per heavy atom. The Balaban J connectivity index is 1.45. The van der Waals surface area contributed by atoms with Gasteiger partial charge in [0.05, 0.1) is 24.5 Å². The maximum Gasteiger partial charge on any atom is 0.412 e. The van der Waals surface area contributed by atoms with Crippen molar-refractivity contribution in [3.63, 3.8) is 0 Å². The first kappa shape index (κ1) is 29.5. The van der Waals surface area contributed by atoms with E-state index in [-0.39, 0.29) is 37.6 Å². The van der Waals surface area contributed by atoms with Gasteiger partial charge < -0.3 is 33.9 Å². The lowest BCUT2D eigenvalue weighted by Crippen LogP contribution is -2.58. The average molecular weight is 561 g/mol. The number of carbonyl (C=O) groups is 3. The minimum atomic E-state index is -1.03. The number of rotatable bonds is 7. The summed E-state index contributed by atoms with van der Waals surface area (Å²) in [4.78, 5) is 38.4. The zero-order chi connectivity index (χ0) is 29.0. The van der Waals surface area contributed by atoms with E-state index in [9.17, 15) is 18.8 Å². The molecule has 1 spiro atoms. The molecule has 0 radical (unpaired) electrons. The summed E-state index contributed by atoms with van der Waals surface area (Å²) in [7, 11) is 0. The summed E-state index contributed by atoms with van der Waals surface area (Å²) in [6.45, 7) is 7.31. The van der Waals surface area contributed by atoms with Crippen LogP contribution in [-0.2, 0) is 34.1 Å². The maximum atomic E-state index is 15.0. The molecule has 2 amide bonds. The highest BCUT2D eigenvalue weighted by Crippen LogP contribution is 2.43. The Labute approximate surface area is 233 Å². The molecular formula is C29H37FN2O8. The van der Waals surface area contributed by atoms with Gasteiger partial charge in [-0.25, -0.2) is 14.0 Å². The van der Waals surface area contributed by atoms with Crippen LogP contribution >= 0.6 is 0 Å². The Hall–Kier alpha value is -3.44. The molecular weight excluding hydrogens is 523 g/mol. The standard InChI is InChI=1S/C29H37FN2O8/c1-20-15-28(18-36-16-23(33)31-28)17-32(20)26(35)38-19-39-29(12-6-5-7-13-29)21-9-8-10-22(30)25(21)37-14-11-24(34)40-27(2,3)4/h5-6,8-11,14,20H,7,12-13,15-19H2,1-4H3,(H,31,33)/b14-11+. The van der Waals surface area contributed by atoms with Gasteiger partial charge in [-0.2, -0.15) is 0 Å². The number of nitrogens with one attached hydrogen (secondary N) is 1. The third kappa shape index (κ3) is 7.00. The van der Waals surface area contributed by atoms with Gasteiger partial charge in [-0.15, -0.1) is 0 Å². The summed E-state index contributed by atoms with van der Waals surface area (Å²) in [5, 5.41) is 2.95. The summed E-state index contributed by atoms with van der Waals surface area (Å²) in [5.41, 5.74) is -1.92. The number of allylic oxidation sites excluding steroid dienone is 1. The number of para-hydroxylation sites is 1. The van der Waals surface area contributed by atoms with Gasteiger partial charge in [0.2, 0.25) is 5.91 Å². The second-order valence-electron chi connectivity index (χ2n) is 11.5. The fourth-order valence-electron chi connectivity index (χ4n) is 5.39. The number of benzene rings is 1. The van der Waals surface area contributed by atoms with Gasteiger partial charge in [-0.1, -0.05) is 24.3 Å². The van der Waals surface area contributed by atoms with Gasteiger partial charge in [0.15, 0.2) is 18.4 Å². The molecule has 10 nitrogen and oxygen atoms in total. The number of ether oxygens (including phenoxy) is 5. The highest BCUT2D eigenvalue weighted by Gasteiger charge is 2.48. The summed E-state index contributed by atoms with van der Waals surface area (Å²) < 4.78 is 42.9. The Morgan fingerprint density at radius 3 is 2.77 bits per heavy atom. The lowest BCUT2D eigenvalue weighted by Gasteiger charge is -2.36. The highest BCUT2D eigenvalue weighted by atomic mass is 19.1. The molecule has 1 aromatic carbocycles. The zero-order valence-corrected chi connectivity index (χ0v) is 23.4. The number of hydrogen-bond donors (Lipinski definition) is 1. The van der Waals surface area contributed by atoms with Crippen LogP contribution in [0.5, 0.6) is 5.75 Å². The second-order valence-corrected chi connectivity index (χ2v) is 11.5. The van der Waals surface area contributed by atoms with E-state index < -0.39 is 34.6 Å². The third-order valence-corrected chi connectivity index (χ3v) is 7.04. The maximum absolute atomic E-state index is 15.0. The van der Waals surface area contributed by atoms with Crippen LogP contribution in [0, 0.1) is 5.82 Å². The monoisotopic (exact) mass is 560 g/mol. The number of halogens is 1. The Morgan fingerprint density at radius 1 is 1.27 bits per heavy atom. The normalized spacial score (nSPS) is 26.7. The predicted octanol–water partition coefficient (Wildman–Crippen LogP) is 4.09. The molecule has 2 heterocycles. The largest absolute Gasteiger partial charge is 0.461 e. The molecule has 0 aromatic heterocycles. The van der Waals surface area contributed by atoms with E-state index in [1.165, 1.54) is 6.07 Å². The predicted molar refractivity (Wildman–Crippen MR) is 142 cm³/mol. The molecule has 4 rings (SSSR count). The molecule has 3 atom stereocenters. The second kappa shape index (κ2) is 12.0. The van der Waals surface area contributed by atoms with Crippen molar-refractivity contribution in [2.45, 2.75) is 76.2 Å². The lowest BCUT2D eigenvalue weighted by molar-refractivity contribution is -0.148. The molecule has 11 heteroatoms. The highest BCUT2D eigenvalue weighted by molar-refractivity contribution is 5.82. The molecule has 40 heavy (non-hydrogen) atoms. The third-order valence-electron chi connectivity index (χ3n) is 7.04. The number of hydrogen-bond acceptors (Lipinski definition) is 8. The van der Waals surface area contributed by atoms with E-state index in [0.29, 0.717) is 37.9 Å². The van der Waals surface area contributed by atoms with Gasteiger partial charge >= 0.3 is 12.1 Å². The van der Waals surface area contributed by atoms with Crippen molar-refractivity contribution in [2.24, 2.45) is 0 Å². The van der Waals surface area contributed by atoms with Crippen molar-refractivity contribution in [3.05, 3.63) is 54.1 Å². The van der Waals surface area contributed by atoms with Crippen LogP contribution in [0.25, 0.3) is 0 Å². The minimum Gasteiger partial charge on any atom is -0.461 e. The first-order valence-corrected chi connectivity index (χ1v) is 13.4. The van der Waals surface area contributed by atoms with Gasteiger partial charge in [0.25, 0.3) is 0 Å². The molecule has 0 bridgehead atoms. The van der Waals surface area contributed by atoms with Crippen molar-refractivity contribution in [3.8, 4) is 5.75 Å². The molecule has 2 saturated heterocycles. The molecule has 3 aliphatic rings.